The lowest BCUT2D eigenvalue weighted by atomic mass is 10.1. The summed E-state index contributed by atoms with van der Waals surface area (Å²) in [5.41, 5.74) is 1.18. The van der Waals surface area contributed by atoms with Gasteiger partial charge in [0, 0.05) is 29.6 Å². The predicted molar refractivity (Wildman–Crippen MR) is 64.7 cm³/mol. The van der Waals surface area contributed by atoms with Gasteiger partial charge in [0.15, 0.2) is 0 Å². The van der Waals surface area contributed by atoms with Crippen molar-refractivity contribution in [3.63, 3.8) is 0 Å². The molecule has 0 amide bonds. The SMILES string of the molecule is C[NH+]1CCC(Nc2ccc(Cl)cc2)CC1. The number of halogens is 1. The van der Waals surface area contributed by atoms with Crippen LogP contribution in [0.25, 0.3) is 0 Å². The molecule has 1 aliphatic rings. The zero-order chi connectivity index (χ0) is 10.7. The molecule has 0 unspecified atom stereocenters. The number of nitrogens with one attached hydrogen (secondary N) is 2. The van der Waals surface area contributed by atoms with Crippen LogP contribution in [0.3, 0.4) is 0 Å². The van der Waals surface area contributed by atoms with E-state index in [9.17, 15) is 0 Å². The van der Waals surface area contributed by atoms with Crippen molar-refractivity contribution in [3.8, 4) is 0 Å². The minimum atomic E-state index is 0.634. The quantitative estimate of drug-likeness (QED) is 0.779. The highest BCUT2D eigenvalue weighted by Crippen LogP contribution is 2.16. The Hall–Kier alpha value is -0.730. The van der Waals surface area contributed by atoms with Crippen LogP contribution in [0.15, 0.2) is 24.3 Å². The van der Waals surface area contributed by atoms with Crippen molar-refractivity contribution in [2.75, 3.05) is 25.5 Å². The second-order valence-corrected chi connectivity index (χ2v) is 4.82. The van der Waals surface area contributed by atoms with Crippen LogP contribution in [0.2, 0.25) is 5.02 Å². The Kier molecular flexibility index (Phi) is 3.49. The Bertz CT molecular complexity index is 302. The molecule has 1 fully saturated rings. The average molecular weight is 226 g/mol. The Morgan fingerprint density at radius 3 is 2.40 bits per heavy atom. The van der Waals surface area contributed by atoms with Crippen LogP contribution in [0.5, 0.6) is 0 Å². The van der Waals surface area contributed by atoms with Crippen LogP contribution in [0.1, 0.15) is 12.8 Å². The molecule has 1 aliphatic heterocycles. The highest BCUT2D eigenvalue weighted by Gasteiger charge is 2.18. The van der Waals surface area contributed by atoms with Gasteiger partial charge in [-0.2, -0.15) is 0 Å². The van der Waals surface area contributed by atoms with Crippen LogP contribution in [-0.2, 0) is 0 Å². The van der Waals surface area contributed by atoms with Gasteiger partial charge in [0.25, 0.3) is 0 Å². The largest absolute Gasteiger partial charge is 0.382 e. The molecule has 3 heteroatoms. The minimum absolute atomic E-state index is 0.634. The Morgan fingerprint density at radius 2 is 1.80 bits per heavy atom. The third-order valence-electron chi connectivity index (χ3n) is 3.05. The fourth-order valence-electron chi connectivity index (χ4n) is 2.04. The summed E-state index contributed by atoms with van der Waals surface area (Å²) in [5, 5.41) is 4.36. The summed E-state index contributed by atoms with van der Waals surface area (Å²) < 4.78 is 0. The standard InChI is InChI=1S/C12H17ClN2/c1-15-8-6-12(7-9-15)14-11-4-2-10(13)3-5-11/h2-5,12,14H,6-9H2,1H3/p+1. The first-order valence-corrected chi connectivity index (χ1v) is 5.95. The van der Waals surface area contributed by atoms with E-state index in [2.05, 4.69) is 12.4 Å². The van der Waals surface area contributed by atoms with E-state index in [1.807, 2.05) is 24.3 Å². The number of piperidine rings is 1. The number of benzene rings is 1. The third-order valence-corrected chi connectivity index (χ3v) is 3.31. The maximum Gasteiger partial charge on any atom is 0.0788 e. The number of anilines is 1. The van der Waals surface area contributed by atoms with E-state index in [4.69, 9.17) is 11.6 Å². The van der Waals surface area contributed by atoms with Gasteiger partial charge in [0.2, 0.25) is 0 Å². The van der Waals surface area contributed by atoms with Crippen LogP contribution < -0.4 is 10.2 Å². The predicted octanol–water partition coefficient (Wildman–Crippen LogP) is 1.43. The normalized spacial score (nSPS) is 26.3. The Morgan fingerprint density at radius 1 is 1.20 bits per heavy atom. The Labute approximate surface area is 96.2 Å². The van der Waals surface area contributed by atoms with E-state index < -0.39 is 0 Å². The zero-order valence-electron chi connectivity index (χ0n) is 9.09. The second kappa shape index (κ2) is 4.86. The molecule has 0 saturated carbocycles. The van der Waals surface area contributed by atoms with Gasteiger partial charge in [-0.1, -0.05) is 11.6 Å². The van der Waals surface area contributed by atoms with Gasteiger partial charge in [-0.15, -0.1) is 0 Å². The third kappa shape index (κ3) is 3.11. The highest BCUT2D eigenvalue weighted by atomic mass is 35.5. The molecular weight excluding hydrogens is 208 g/mol. The van der Waals surface area contributed by atoms with E-state index in [-0.39, 0.29) is 0 Å². The average Bonchev–Trinajstić information content (AvgIpc) is 2.25. The molecule has 2 nitrogen and oxygen atoms in total. The molecule has 0 aliphatic carbocycles. The lowest BCUT2D eigenvalue weighted by Gasteiger charge is -2.27. The molecular formula is C12H18ClN2+. The van der Waals surface area contributed by atoms with E-state index >= 15 is 0 Å². The van der Waals surface area contributed by atoms with Gasteiger partial charge >= 0.3 is 0 Å². The van der Waals surface area contributed by atoms with E-state index in [0.717, 1.165) is 5.02 Å². The van der Waals surface area contributed by atoms with Crippen molar-refractivity contribution < 1.29 is 4.90 Å². The molecule has 1 aromatic carbocycles. The fraction of sp³-hybridized carbons (Fsp3) is 0.500. The maximum absolute atomic E-state index is 5.84. The zero-order valence-corrected chi connectivity index (χ0v) is 9.85. The second-order valence-electron chi connectivity index (χ2n) is 4.38. The number of hydrogen-bond donors (Lipinski definition) is 2. The van der Waals surface area contributed by atoms with Crippen LogP contribution in [0, 0.1) is 0 Å². The lowest BCUT2D eigenvalue weighted by Crippen LogP contribution is -3.10. The van der Waals surface area contributed by atoms with Gasteiger partial charge in [0.1, 0.15) is 0 Å². The van der Waals surface area contributed by atoms with Crippen molar-refractivity contribution in [2.45, 2.75) is 18.9 Å². The topological polar surface area (TPSA) is 16.5 Å². The molecule has 1 heterocycles. The van der Waals surface area contributed by atoms with E-state index in [0.29, 0.717) is 6.04 Å². The number of quaternary nitrogens is 1. The van der Waals surface area contributed by atoms with Crippen molar-refractivity contribution >= 4 is 17.3 Å². The summed E-state index contributed by atoms with van der Waals surface area (Å²) in [6.45, 7) is 2.54. The molecule has 82 valence electrons. The minimum Gasteiger partial charge on any atom is -0.382 e. The molecule has 2 rings (SSSR count). The first-order valence-electron chi connectivity index (χ1n) is 5.57. The van der Waals surface area contributed by atoms with Gasteiger partial charge in [0.05, 0.1) is 20.1 Å². The molecule has 1 saturated heterocycles. The molecule has 2 N–H and O–H groups in total. The molecule has 0 bridgehead atoms. The first kappa shape index (κ1) is 10.8. The summed E-state index contributed by atoms with van der Waals surface area (Å²) in [6.07, 6.45) is 2.52. The first-order chi connectivity index (χ1) is 7.24. The van der Waals surface area contributed by atoms with Gasteiger partial charge in [-0.25, -0.2) is 0 Å². The van der Waals surface area contributed by atoms with Crippen molar-refractivity contribution in [1.82, 2.24) is 0 Å². The summed E-state index contributed by atoms with van der Waals surface area (Å²) in [6, 6.07) is 8.60. The molecule has 0 radical (unpaired) electrons. The number of hydrogen-bond acceptors (Lipinski definition) is 1. The molecule has 1 aromatic rings. The smallest absolute Gasteiger partial charge is 0.0788 e. The number of likely N-dealkylation sites (tertiary alicyclic amines) is 1. The number of rotatable bonds is 2. The molecule has 0 spiro atoms. The van der Waals surface area contributed by atoms with Crippen LogP contribution >= 0.6 is 11.6 Å². The summed E-state index contributed by atoms with van der Waals surface area (Å²) >= 11 is 5.84. The maximum atomic E-state index is 5.84. The van der Waals surface area contributed by atoms with Crippen molar-refractivity contribution in [1.29, 1.82) is 0 Å². The fourth-order valence-corrected chi connectivity index (χ4v) is 2.16. The van der Waals surface area contributed by atoms with Crippen LogP contribution in [0.4, 0.5) is 5.69 Å². The summed E-state index contributed by atoms with van der Waals surface area (Å²) in [4.78, 5) is 1.64. The summed E-state index contributed by atoms with van der Waals surface area (Å²) in [5.74, 6) is 0. The van der Waals surface area contributed by atoms with Gasteiger partial charge in [-0.3, -0.25) is 0 Å². The van der Waals surface area contributed by atoms with E-state index in [1.165, 1.54) is 31.6 Å². The monoisotopic (exact) mass is 225 g/mol. The summed E-state index contributed by atoms with van der Waals surface area (Å²) in [7, 11) is 2.26. The van der Waals surface area contributed by atoms with Crippen molar-refractivity contribution in [2.24, 2.45) is 0 Å². The van der Waals surface area contributed by atoms with Crippen molar-refractivity contribution in [3.05, 3.63) is 29.3 Å². The Balaban J connectivity index is 1.89. The molecule has 15 heavy (non-hydrogen) atoms. The van der Waals surface area contributed by atoms with Gasteiger partial charge in [-0.05, 0) is 24.3 Å². The molecule has 0 aromatic heterocycles. The lowest BCUT2D eigenvalue weighted by molar-refractivity contribution is -0.884. The van der Waals surface area contributed by atoms with E-state index in [1.54, 1.807) is 4.90 Å². The molecule has 0 atom stereocenters. The van der Waals surface area contributed by atoms with Crippen LogP contribution in [-0.4, -0.2) is 26.2 Å². The highest BCUT2D eigenvalue weighted by molar-refractivity contribution is 6.30. The van der Waals surface area contributed by atoms with Gasteiger partial charge < -0.3 is 10.2 Å².